The second-order valence-corrected chi connectivity index (χ2v) is 5.94. The van der Waals surface area contributed by atoms with E-state index in [2.05, 4.69) is 12.2 Å². The SMILES string of the molecule is C[C@H]1CN(C(=O)OCc2ccccc2)[C@]12CCCNC2. The molecule has 4 heteroatoms. The third kappa shape index (κ3) is 2.29. The van der Waals surface area contributed by atoms with Crippen LogP contribution in [0.3, 0.4) is 0 Å². The standard InChI is InChI=1S/C16H22N2O2/c1-13-10-18(16(13)8-5-9-17-12-16)15(19)20-11-14-6-3-2-4-7-14/h2-4,6-7,13,17H,5,8-12H2,1H3/t13-,16-/m0/s1. The minimum Gasteiger partial charge on any atom is -0.445 e. The fourth-order valence-corrected chi connectivity index (χ4v) is 3.40. The summed E-state index contributed by atoms with van der Waals surface area (Å²) in [4.78, 5) is 14.2. The number of hydrogen-bond acceptors (Lipinski definition) is 3. The average Bonchev–Trinajstić information content (AvgIpc) is 2.52. The van der Waals surface area contributed by atoms with E-state index in [4.69, 9.17) is 4.74 Å². The minimum atomic E-state index is -0.171. The predicted molar refractivity (Wildman–Crippen MR) is 77.3 cm³/mol. The quantitative estimate of drug-likeness (QED) is 0.900. The van der Waals surface area contributed by atoms with E-state index in [0.717, 1.165) is 38.0 Å². The van der Waals surface area contributed by atoms with Gasteiger partial charge in [-0.25, -0.2) is 4.79 Å². The number of carbonyl (C=O) groups is 1. The van der Waals surface area contributed by atoms with Crippen molar-refractivity contribution in [3.8, 4) is 0 Å². The van der Waals surface area contributed by atoms with E-state index in [9.17, 15) is 4.79 Å². The highest BCUT2D eigenvalue weighted by molar-refractivity contribution is 5.70. The van der Waals surface area contributed by atoms with Crippen LogP contribution in [0.2, 0.25) is 0 Å². The maximum atomic E-state index is 12.3. The molecule has 2 saturated heterocycles. The Balaban J connectivity index is 1.60. The highest BCUT2D eigenvalue weighted by atomic mass is 16.6. The number of benzene rings is 1. The Morgan fingerprint density at radius 2 is 2.25 bits per heavy atom. The lowest BCUT2D eigenvalue weighted by Gasteiger charge is -2.58. The number of nitrogens with zero attached hydrogens (tertiary/aromatic N) is 1. The van der Waals surface area contributed by atoms with Crippen molar-refractivity contribution in [2.24, 2.45) is 5.92 Å². The lowest BCUT2D eigenvalue weighted by atomic mass is 9.70. The summed E-state index contributed by atoms with van der Waals surface area (Å²) in [5.41, 5.74) is 1.02. The summed E-state index contributed by atoms with van der Waals surface area (Å²) in [5, 5.41) is 3.42. The molecule has 2 heterocycles. The highest BCUT2D eigenvalue weighted by Crippen LogP contribution is 2.41. The van der Waals surface area contributed by atoms with Gasteiger partial charge in [0.25, 0.3) is 0 Å². The van der Waals surface area contributed by atoms with Gasteiger partial charge in [0.05, 0.1) is 5.54 Å². The van der Waals surface area contributed by atoms with Crippen LogP contribution in [0.4, 0.5) is 4.79 Å². The number of carbonyl (C=O) groups excluding carboxylic acids is 1. The van der Waals surface area contributed by atoms with Gasteiger partial charge in [-0.15, -0.1) is 0 Å². The molecular weight excluding hydrogens is 252 g/mol. The van der Waals surface area contributed by atoms with Gasteiger partial charge in [-0.3, -0.25) is 0 Å². The van der Waals surface area contributed by atoms with E-state index >= 15 is 0 Å². The van der Waals surface area contributed by atoms with E-state index in [1.54, 1.807) is 0 Å². The maximum absolute atomic E-state index is 12.3. The van der Waals surface area contributed by atoms with Crippen molar-refractivity contribution in [3.05, 3.63) is 35.9 Å². The van der Waals surface area contributed by atoms with Gasteiger partial charge in [-0.2, -0.15) is 0 Å². The van der Waals surface area contributed by atoms with Crippen molar-refractivity contribution >= 4 is 6.09 Å². The molecule has 2 fully saturated rings. The number of hydrogen-bond donors (Lipinski definition) is 1. The molecule has 1 aromatic carbocycles. The van der Waals surface area contributed by atoms with E-state index in [-0.39, 0.29) is 11.6 Å². The molecule has 108 valence electrons. The Bertz CT molecular complexity index is 469. The summed E-state index contributed by atoms with van der Waals surface area (Å²) in [6.07, 6.45) is 2.05. The third-order valence-electron chi connectivity index (χ3n) is 4.73. The van der Waals surface area contributed by atoms with Crippen LogP contribution >= 0.6 is 0 Å². The normalized spacial score (nSPS) is 29.1. The Hall–Kier alpha value is -1.55. The lowest BCUT2D eigenvalue weighted by Crippen LogP contribution is -2.73. The average molecular weight is 274 g/mol. The molecule has 3 rings (SSSR count). The van der Waals surface area contributed by atoms with Crippen molar-refractivity contribution < 1.29 is 9.53 Å². The zero-order valence-electron chi connectivity index (χ0n) is 12.0. The molecule has 2 aliphatic rings. The fraction of sp³-hybridized carbons (Fsp3) is 0.562. The third-order valence-corrected chi connectivity index (χ3v) is 4.73. The number of piperidine rings is 1. The molecule has 0 aliphatic carbocycles. The van der Waals surface area contributed by atoms with Crippen LogP contribution in [0.1, 0.15) is 25.3 Å². The molecule has 0 radical (unpaired) electrons. The van der Waals surface area contributed by atoms with Crippen molar-refractivity contribution in [2.45, 2.75) is 31.9 Å². The number of likely N-dealkylation sites (tertiary alicyclic amines) is 1. The number of amides is 1. The van der Waals surface area contributed by atoms with Gasteiger partial charge in [0.2, 0.25) is 0 Å². The Kier molecular flexibility index (Phi) is 3.66. The molecule has 0 saturated carbocycles. The first-order valence-electron chi connectivity index (χ1n) is 7.41. The van der Waals surface area contributed by atoms with E-state index < -0.39 is 0 Å². The van der Waals surface area contributed by atoms with Crippen molar-refractivity contribution in [1.29, 1.82) is 0 Å². The number of nitrogens with one attached hydrogen (secondary N) is 1. The fourth-order valence-electron chi connectivity index (χ4n) is 3.40. The molecule has 1 N–H and O–H groups in total. The van der Waals surface area contributed by atoms with Crippen LogP contribution in [0, 0.1) is 5.92 Å². The molecule has 1 amide bonds. The molecule has 20 heavy (non-hydrogen) atoms. The topological polar surface area (TPSA) is 41.6 Å². The van der Waals surface area contributed by atoms with E-state index in [0.29, 0.717) is 12.5 Å². The molecule has 4 nitrogen and oxygen atoms in total. The van der Waals surface area contributed by atoms with E-state index in [1.807, 2.05) is 35.2 Å². The molecule has 1 spiro atoms. The molecule has 0 bridgehead atoms. The summed E-state index contributed by atoms with van der Waals surface area (Å²) >= 11 is 0. The van der Waals surface area contributed by atoms with Gasteiger partial charge in [0, 0.05) is 13.1 Å². The zero-order valence-corrected chi connectivity index (χ0v) is 12.0. The van der Waals surface area contributed by atoms with Crippen LogP contribution in [0.15, 0.2) is 30.3 Å². The summed E-state index contributed by atoms with van der Waals surface area (Å²) in [6.45, 7) is 5.35. The van der Waals surface area contributed by atoms with Crippen LogP contribution in [-0.4, -0.2) is 36.2 Å². The maximum Gasteiger partial charge on any atom is 0.410 e. The van der Waals surface area contributed by atoms with Gasteiger partial charge in [-0.05, 0) is 30.9 Å². The smallest absolute Gasteiger partial charge is 0.410 e. The van der Waals surface area contributed by atoms with Gasteiger partial charge in [0.1, 0.15) is 6.61 Å². The van der Waals surface area contributed by atoms with Crippen molar-refractivity contribution in [2.75, 3.05) is 19.6 Å². The summed E-state index contributed by atoms with van der Waals surface area (Å²) in [6, 6.07) is 9.84. The summed E-state index contributed by atoms with van der Waals surface area (Å²) in [5.74, 6) is 0.555. The van der Waals surface area contributed by atoms with Crippen LogP contribution in [0.5, 0.6) is 0 Å². The first-order valence-corrected chi connectivity index (χ1v) is 7.41. The lowest BCUT2D eigenvalue weighted by molar-refractivity contribution is -0.0756. The molecule has 0 aromatic heterocycles. The van der Waals surface area contributed by atoms with Crippen LogP contribution in [-0.2, 0) is 11.3 Å². The highest BCUT2D eigenvalue weighted by Gasteiger charge is 2.54. The Morgan fingerprint density at radius 1 is 1.45 bits per heavy atom. The van der Waals surface area contributed by atoms with Gasteiger partial charge in [0.15, 0.2) is 0 Å². The molecule has 2 aliphatic heterocycles. The molecule has 2 atom stereocenters. The Labute approximate surface area is 120 Å². The molecule has 1 aromatic rings. The minimum absolute atomic E-state index is 0.00792. The van der Waals surface area contributed by atoms with Gasteiger partial charge < -0.3 is 15.0 Å². The first-order chi connectivity index (χ1) is 9.72. The van der Waals surface area contributed by atoms with Gasteiger partial charge >= 0.3 is 6.09 Å². The second kappa shape index (κ2) is 5.44. The second-order valence-electron chi connectivity index (χ2n) is 5.94. The number of rotatable bonds is 2. The van der Waals surface area contributed by atoms with Gasteiger partial charge in [-0.1, -0.05) is 37.3 Å². The monoisotopic (exact) mass is 274 g/mol. The molecular formula is C16H22N2O2. The van der Waals surface area contributed by atoms with Crippen LogP contribution < -0.4 is 5.32 Å². The van der Waals surface area contributed by atoms with Crippen molar-refractivity contribution in [1.82, 2.24) is 10.2 Å². The zero-order chi connectivity index (χ0) is 14.0. The Morgan fingerprint density at radius 3 is 2.90 bits per heavy atom. The molecule has 0 unspecified atom stereocenters. The largest absolute Gasteiger partial charge is 0.445 e. The predicted octanol–water partition coefficient (Wildman–Crippen LogP) is 2.40. The summed E-state index contributed by atoms with van der Waals surface area (Å²) < 4.78 is 5.47. The first kappa shape index (κ1) is 13.4. The van der Waals surface area contributed by atoms with E-state index in [1.165, 1.54) is 0 Å². The van der Waals surface area contributed by atoms with Crippen LogP contribution in [0.25, 0.3) is 0 Å². The van der Waals surface area contributed by atoms with Crippen molar-refractivity contribution in [3.63, 3.8) is 0 Å². The number of ether oxygens (including phenoxy) is 1. The summed E-state index contributed by atoms with van der Waals surface area (Å²) in [7, 11) is 0.